The lowest BCUT2D eigenvalue weighted by molar-refractivity contribution is 0.221. The number of phenolic OH excluding ortho intramolecular Hbond substituents is 1. The summed E-state index contributed by atoms with van der Waals surface area (Å²) in [4.78, 5) is 2.62. The van der Waals surface area contributed by atoms with Gasteiger partial charge in [0.2, 0.25) is 0 Å². The fourth-order valence-electron chi connectivity index (χ4n) is 4.75. The van der Waals surface area contributed by atoms with Gasteiger partial charge in [-0.25, -0.2) is 0 Å². The summed E-state index contributed by atoms with van der Waals surface area (Å²) in [7, 11) is 0.628. The van der Waals surface area contributed by atoms with Crippen LogP contribution in [-0.4, -0.2) is 23.1 Å². The summed E-state index contributed by atoms with van der Waals surface area (Å²) < 4.78 is 0. The average Bonchev–Trinajstić information content (AvgIpc) is 2.71. The van der Waals surface area contributed by atoms with Crippen LogP contribution in [0.1, 0.15) is 88.1 Å². The predicted octanol–water partition coefficient (Wildman–Crippen LogP) is 6.92. The summed E-state index contributed by atoms with van der Waals surface area (Å²) in [6.45, 7) is 19.0. The molecule has 1 aliphatic heterocycles. The summed E-state index contributed by atoms with van der Waals surface area (Å²) in [5.41, 5.74) is 6.15. The Morgan fingerprint density at radius 2 is 1.55 bits per heavy atom. The zero-order valence-corrected chi connectivity index (χ0v) is 21.7. The SMILES string of the molecule is CCC(C)(Pc1ccc(C)cc1CN1CCCCC1)c1cc(C)cc(C(C)(C)C)c1O. The van der Waals surface area contributed by atoms with Crippen LogP contribution in [-0.2, 0) is 17.1 Å². The smallest absolute Gasteiger partial charge is 0.123 e. The van der Waals surface area contributed by atoms with E-state index in [1.165, 1.54) is 54.3 Å². The van der Waals surface area contributed by atoms with Crippen LogP contribution in [0.25, 0.3) is 0 Å². The molecule has 3 rings (SSSR count). The van der Waals surface area contributed by atoms with Gasteiger partial charge in [-0.1, -0.05) is 91.1 Å². The maximum atomic E-state index is 11.4. The van der Waals surface area contributed by atoms with E-state index in [4.69, 9.17) is 0 Å². The first-order chi connectivity index (χ1) is 14.5. The van der Waals surface area contributed by atoms with Crippen molar-refractivity contribution in [1.82, 2.24) is 4.90 Å². The zero-order chi connectivity index (χ0) is 22.8. The van der Waals surface area contributed by atoms with Crippen molar-refractivity contribution in [2.45, 2.75) is 91.3 Å². The molecule has 170 valence electrons. The Kier molecular flexibility index (Phi) is 7.54. The summed E-state index contributed by atoms with van der Waals surface area (Å²) in [6.07, 6.45) is 5.02. The number of nitrogens with zero attached hydrogens (tertiary/aromatic N) is 1. The van der Waals surface area contributed by atoms with Crippen LogP contribution in [0.15, 0.2) is 30.3 Å². The molecule has 0 spiro atoms. The van der Waals surface area contributed by atoms with Gasteiger partial charge in [0.05, 0.1) is 0 Å². The van der Waals surface area contributed by atoms with E-state index in [0.717, 1.165) is 24.1 Å². The molecule has 0 bridgehead atoms. The molecule has 0 aliphatic carbocycles. The number of aromatic hydroxyl groups is 1. The van der Waals surface area contributed by atoms with E-state index in [0.29, 0.717) is 14.3 Å². The van der Waals surface area contributed by atoms with Gasteiger partial charge >= 0.3 is 0 Å². The normalized spacial score (nSPS) is 17.9. The second-order valence-corrected chi connectivity index (χ2v) is 12.7. The van der Waals surface area contributed by atoms with Gasteiger partial charge in [0, 0.05) is 17.3 Å². The topological polar surface area (TPSA) is 23.5 Å². The lowest BCUT2D eigenvalue weighted by atomic mass is 9.82. The molecule has 1 saturated heterocycles. The van der Waals surface area contributed by atoms with Gasteiger partial charge in [0.25, 0.3) is 0 Å². The number of aryl methyl sites for hydroxylation is 2. The highest BCUT2D eigenvalue weighted by atomic mass is 31.1. The molecule has 31 heavy (non-hydrogen) atoms. The second-order valence-electron chi connectivity index (χ2n) is 10.8. The Labute approximate surface area is 192 Å². The Morgan fingerprint density at radius 1 is 0.903 bits per heavy atom. The van der Waals surface area contributed by atoms with Crippen molar-refractivity contribution in [3.05, 3.63) is 58.1 Å². The van der Waals surface area contributed by atoms with Gasteiger partial charge in [0.1, 0.15) is 5.75 Å². The largest absolute Gasteiger partial charge is 0.507 e. The van der Waals surface area contributed by atoms with Crippen LogP contribution in [0.2, 0.25) is 0 Å². The minimum absolute atomic E-state index is 0.0775. The Hall–Kier alpha value is -1.37. The monoisotopic (exact) mass is 439 g/mol. The molecule has 2 aromatic rings. The third-order valence-corrected chi connectivity index (χ3v) is 8.81. The van der Waals surface area contributed by atoms with Crippen molar-refractivity contribution in [3.63, 3.8) is 0 Å². The number of likely N-dealkylation sites (tertiary alicyclic amines) is 1. The summed E-state index contributed by atoms with van der Waals surface area (Å²) >= 11 is 0. The van der Waals surface area contributed by atoms with Crippen LogP contribution in [0, 0.1) is 13.8 Å². The molecule has 1 heterocycles. The van der Waals surface area contributed by atoms with E-state index >= 15 is 0 Å². The van der Waals surface area contributed by atoms with Gasteiger partial charge in [-0.15, -0.1) is 0 Å². The van der Waals surface area contributed by atoms with Crippen molar-refractivity contribution in [2.24, 2.45) is 0 Å². The summed E-state index contributed by atoms with van der Waals surface area (Å²) in [5, 5.41) is 12.7. The molecular weight excluding hydrogens is 397 g/mol. The average molecular weight is 440 g/mol. The second kappa shape index (κ2) is 9.63. The number of hydrogen-bond donors (Lipinski definition) is 1. The van der Waals surface area contributed by atoms with Crippen LogP contribution < -0.4 is 5.30 Å². The maximum Gasteiger partial charge on any atom is 0.123 e. The highest BCUT2D eigenvalue weighted by Gasteiger charge is 2.32. The number of piperidine rings is 1. The zero-order valence-electron chi connectivity index (χ0n) is 20.7. The number of benzene rings is 2. The first-order valence-corrected chi connectivity index (χ1v) is 13.0. The minimum atomic E-state index is -0.0813. The fraction of sp³-hybridized carbons (Fsp3) is 0.571. The van der Waals surface area contributed by atoms with Crippen molar-refractivity contribution in [2.75, 3.05) is 13.1 Å². The minimum Gasteiger partial charge on any atom is -0.507 e. The Bertz CT molecular complexity index is 908. The molecule has 2 unspecified atom stereocenters. The third kappa shape index (κ3) is 5.71. The molecule has 0 amide bonds. The van der Waals surface area contributed by atoms with Crippen molar-refractivity contribution < 1.29 is 5.11 Å². The van der Waals surface area contributed by atoms with E-state index in [1.54, 1.807) is 0 Å². The first kappa shape index (κ1) is 24.3. The van der Waals surface area contributed by atoms with E-state index in [2.05, 4.69) is 83.7 Å². The number of phenols is 1. The number of hydrogen-bond acceptors (Lipinski definition) is 2. The summed E-state index contributed by atoms with van der Waals surface area (Å²) in [6, 6.07) is 11.4. The van der Waals surface area contributed by atoms with Crippen LogP contribution in [0.3, 0.4) is 0 Å². The number of rotatable bonds is 6. The van der Waals surface area contributed by atoms with E-state index in [1.807, 2.05) is 0 Å². The molecule has 2 aromatic carbocycles. The van der Waals surface area contributed by atoms with Crippen molar-refractivity contribution >= 4 is 13.9 Å². The van der Waals surface area contributed by atoms with Crippen LogP contribution in [0.5, 0.6) is 5.75 Å². The molecular formula is C28H42NOP. The van der Waals surface area contributed by atoms with E-state index < -0.39 is 0 Å². The molecule has 0 saturated carbocycles. The van der Waals surface area contributed by atoms with Gasteiger partial charge in [-0.05, 0) is 68.0 Å². The van der Waals surface area contributed by atoms with Gasteiger partial charge in [-0.3, -0.25) is 4.90 Å². The molecule has 1 N–H and O–H groups in total. The Balaban J connectivity index is 2.00. The fourth-order valence-corrected chi connectivity index (χ4v) is 6.32. The molecule has 2 atom stereocenters. The third-order valence-electron chi connectivity index (χ3n) is 6.88. The Morgan fingerprint density at radius 3 is 2.16 bits per heavy atom. The van der Waals surface area contributed by atoms with Crippen LogP contribution >= 0.6 is 8.58 Å². The molecule has 0 radical (unpaired) electrons. The van der Waals surface area contributed by atoms with Gasteiger partial charge in [-0.2, -0.15) is 0 Å². The standard InChI is InChI=1S/C28H42NOP/c1-8-28(7,24-18-21(3)17-23(26(24)30)27(4,5)6)31-25-13-12-20(2)16-22(25)19-29-14-10-9-11-15-29/h12-13,16-18,30-31H,8-11,14-15,19H2,1-7H3. The van der Waals surface area contributed by atoms with E-state index in [9.17, 15) is 5.11 Å². The molecule has 3 heteroatoms. The van der Waals surface area contributed by atoms with Gasteiger partial charge < -0.3 is 5.11 Å². The quantitative estimate of drug-likeness (QED) is 0.494. The first-order valence-electron chi connectivity index (χ1n) is 12.0. The summed E-state index contributed by atoms with van der Waals surface area (Å²) in [5.74, 6) is 0.500. The predicted molar refractivity (Wildman–Crippen MR) is 137 cm³/mol. The van der Waals surface area contributed by atoms with Crippen molar-refractivity contribution in [3.8, 4) is 5.75 Å². The highest BCUT2D eigenvalue weighted by Crippen LogP contribution is 2.50. The molecule has 1 fully saturated rings. The van der Waals surface area contributed by atoms with Crippen LogP contribution in [0.4, 0.5) is 0 Å². The lowest BCUT2D eigenvalue weighted by Gasteiger charge is -2.34. The van der Waals surface area contributed by atoms with Gasteiger partial charge in [0.15, 0.2) is 0 Å². The molecule has 2 nitrogen and oxygen atoms in total. The molecule has 0 aromatic heterocycles. The molecule has 1 aliphatic rings. The maximum absolute atomic E-state index is 11.4. The van der Waals surface area contributed by atoms with E-state index in [-0.39, 0.29) is 10.6 Å². The highest BCUT2D eigenvalue weighted by molar-refractivity contribution is 7.48. The lowest BCUT2D eigenvalue weighted by Crippen LogP contribution is -2.31. The van der Waals surface area contributed by atoms with Crippen molar-refractivity contribution in [1.29, 1.82) is 0 Å².